The monoisotopic (exact) mass is 263 g/mol. The normalized spacial score (nSPS) is 16.3. The first-order valence-corrected chi connectivity index (χ1v) is 6.50. The zero-order chi connectivity index (χ0) is 12.4. The van der Waals surface area contributed by atoms with Gasteiger partial charge in [0.1, 0.15) is 0 Å². The van der Waals surface area contributed by atoms with E-state index >= 15 is 0 Å². The summed E-state index contributed by atoms with van der Waals surface area (Å²) in [7, 11) is 0. The van der Waals surface area contributed by atoms with Crippen LogP contribution in [0.15, 0.2) is 28.8 Å². The molecule has 1 aromatic carbocycles. The molecule has 1 aliphatic heterocycles. The van der Waals surface area contributed by atoms with Crippen molar-refractivity contribution in [1.82, 2.24) is 15.0 Å². The Morgan fingerprint density at radius 2 is 2.11 bits per heavy atom. The lowest BCUT2D eigenvalue weighted by molar-refractivity contribution is 0.268. The predicted molar refractivity (Wildman–Crippen MR) is 69.3 cm³/mol. The van der Waals surface area contributed by atoms with Gasteiger partial charge in [0, 0.05) is 10.6 Å². The Balaban J connectivity index is 1.76. The highest BCUT2D eigenvalue weighted by Gasteiger charge is 2.16. The number of benzene rings is 1. The lowest BCUT2D eigenvalue weighted by atomic mass is 10.2. The number of hydrogen-bond acceptors (Lipinski definition) is 4. The predicted octanol–water partition coefficient (Wildman–Crippen LogP) is 2.99. The van der Waals surface area contributed by atoms with Crippen molar-refractivity contribution < 1.29 is 4.52 Å². The van der Waals surface area contributed by atoms with Gasteiger partial charge in [0.05, 0.1) is 6.54 Å². The molecule has 0 N–H and O–H groups in total. The summed E-state index contributed by atoms with van der Waals surface area (Å²) in [4.78, 5) is 6.74. The molecule has 2 aromatic rings. The molecule has 1 aromatic heterocycles. The van der Waals surface area contributed by atoms with Crippen molar-refractivity contribution in [1.29, 1.82) is 0 Å². The fourth-order valence-electron chi connectivity index (χ4n) is 2.20. The minimum absolute atomic E-state index is 0.603. The number of halogens is 1. The summed E-state index contributed by atoms with van der Waals surface area (Å²) in [5, 5.41) is 4.68. The number of rotatable bonds is 3. The van der Waals surface area contributed by atoms with E-state index in [9.17, 15) is 0 Å². The molecule has 94 valence electrons. The third kappa shape index (κ3) is 2.54. The third-order valence-electron chi connectivity index (χ3n) is 3.11. The van der Waals surface area contributed by atoms with Gasteiger partial charge >= 0.3 is 0 Å². The van der Waals surface area contributed by atoms with Crippen LogP contribution < -0.4 is 0 Å². The minimum Gasteiger partial charge on any atom is -0.338 e. The molecule has 0 aliphatic carbocycles. The molecule has 18 heavy (non-hydrogen) atoms. The fourth-order valence-corrected chi connectivity index (χ4v) is 2.39. The van der Waals surface area contributed by atoms with Gasteiger partial charge in [0.25, 0.3) is 0 Å². The number of likely N-dealkylation sites (tertiary alicyclic amines) is 1. The van der Waals surface area contributed by atoms with Crippen LogP contribution in [0.4, 0.5) is 0 Å². The molecule has 0 spiro atoms. The summed E-state index contributed by atoms with van der Waals surface area (Å²) in [5.41, 5.74) is 0.888. The van der Waals surface area contributed by atoms with Crippen LogP contribution in [0, 0.1) is 0 Å². The lowest BCUT2D eigenvalue weighted by Gasteiger charge is -2.09. The molecule has 1 aliphatic rings. The highest BCUT2D eigenvalue weighted by molar-refractivity contribution is 6.30. The van der Waals surface area contributed by atoms with Crippen LogP contribution in [-0.4, -0.2) is 28.1 Å². The third-order valence-corrected chi connectivity index (χ3v) is 3.34. The van der Waals surface area contributed by atoms with E-state index in [1.807, 2.05) is 24.3 Å². The molecule has 0 amide bonds. The van der Waals surface area contributed by atoms with E-state index in [2.05, 4.69) is 15.0 Å². The Kier molecular flexibility index (Phi) is 3.30. The first-order valence-electron chi connectivity index (χ1n) is 6.12. The summed E-state index contributed by atoms with van der Waals surface area (Å²) in [6.07, 6.45) is 2.52. The standard InChI is InChI=1S/C13H14ClN3O/c14-11-5-3-4-10(8-11)13-15-12(18-16-13)9-17-6-1-2-7-17/h3-5,8H,1-2,6-7,9H2. The molecule has 0 atom stereocenters. The Labute approximate surface area is 111 Å². The van der Waals surface area contributed by atoms with E-state index in [0.717, 1.165) is 25.2 Å². The molecule has 1 saturated heterocycles. The largest absolute Gasteiger partial charge is 0.338 e. The second-order valence-electron chi connectivity index (χ2n) is 4.51. The average Bonchev–Trinajstić information content (AvgIpc) is 3.01. The van der Waals surface area contributed by atoms with Gasteiger partial charge in [-0.1, -0.05) is 28.9 Å². The van der Waals surface area contributed by atoms with Crippen molar-refractivity contribution in [3.63, 3.8) is 0 Å². The van der Waals surface area contributed by atoms with Gasteiger partial charge in [-0.15, -0.1) is 0 Å². The molecular formula is C13H14ClN3O. The molecule has 5 heteroatoms. The van der Waals surface area contributed by atoms with Crippen molar-refractivity contribution >= 4 is 11.6 Å². The van der Waals surface area contributed by atoms with Crippen molar-refractivity contribution in [2.24, 2.45) is 0 Å². The number of hydrogen-bond donors (Lipinski definition) is 0. The molecule has 4 nitrogen and oxygen atoms in total. The van der Waals surface area contributed by atoms with Gasteiger partial charge in [-0.2, -0.15) is 4.98 Å². The van der Waals surface area contributed by atoms with Crippen molar-refractivity contribution in [3.05, 3.63) is 35.2 Å². The van der Waals surface area contributed by atoms with Gasteiger partial charge in [-0.05, 0) is 38.1 Å². The van der Waals surface area contributed by atoms with Crippen LogP contribution in [0.5, 0.6) is 0 Å². The van der Waals surface area contributed by atoms with Gasteiger partial charge in [-0.25, -0.2) is 0 Å². The summed E-state index contributed by atoms with van der Waals surface area (Å²) >= 11 is 5.94. The van der Waals surface area contributed by atoms with E-state index in [1.54, 1.807) is 0 Å². The maximum absolute atomic E-state index is 5.94. The van der Waals surface area contributed by atoms with Gasteiger partial charge in [-0.3, -0.25) is 4.90 Å². The zero-order valence-electron chi connectivity index (χ0n) is 9.97. The topological polar surface area (TPSA) is 42.2 Å². The quantitative estimate of drug-likeness (QED) is 0.854. The first kappa shape index (κ1) is 11.7. The summed E-state index contributed by atoms with van der Waals surface area (Å²) in [6, 6.07) is 7.48. The Hall–Kier alpha value is -1.39. The molecular weight excluding hydrogens is 250 g/mol. The van der Waals surface area contributed by atoms with Gasteiger partial charge in [0.15, 0.2) is 0 Å². The summed E-state index contributed by atoms with van der Waals surface area (Å²) in [6.45, 7) is 2.98. The SMILES string of the molecule is Clc1cccc(-c2noc(CN3CCCC3)n2)c1. The van der Waals surface area contributed by atoms with Crippen molar-refractivity contribution in [2.75, 3.05) is 13.1 Å². The van der Waals surface area contributed by atoms with E-state index in [4.69, 9.17) is 16.1 Å². The maximum atomic E-state index is 5.94. The second kappa shape index (κ2) is 5.08. The minimum atomic E-state index is 0.603. The molecule has 0 saturated carbocycles. The maximum Gasteiger partial charge on any atom is 0.241 e. The van der Waals surface area contributed by atoms with Gasteiger partial charge in [0.2, 0.25) is 11.7 Å². The molecule has 2 heterocycles. The lowest BCUT2D eigenvalue weighted by Crippen LogP contribution is -2.18. The summed E-state index contributed by atoms with van der Waals surface area (Å²) in [5.74, 6) is 1.28. The van der Waals surface area contributed by atoms with Crippen molar-refractivity contribution in [3.8, 4) is 11.4 Å². The van der Waals surface area contributed by atoms with E-state index in [0.29, 0.717) is 16.7 Å². The number of nitrogens with zero attached hydrogens (tertiary/aromatic N) is 3. The van der Waals surface area contributed by atoms with Crippen LogP contribution in [0.25, 0.3) is 11.4 Å². The van der Waals surface area contributed by atoms with Crippen LogP contribution in [0.3, 0.4) is 0 Å². The van der Waals surface area contributed by atoms with Crippen LogP contribution in [0.1, 0.15) is 18.7 Å². The van der Waals surface area contributed by atoms with E-state index < -0.39 is 0 Å². The number of aromatic nitrogens is 2. The molecule has 1 fully saturated rings. The molecule has 0 unspecified atom stereocenters. The Morgan fingerprint density at radius 1 is 1.28 bits per heavy atom. The molecule has 3 rings (SSSR count). The second-order valence-corrected chi connectivity index (χ2v) is 4.94. The highest BCUT2D eigenvalue weighted by Crippen LogP contribution is 2.20. The van der Waals surface area contributed by atoms with E-state index in [1.165, 1.54) is 12.8 Å². The van der Waals surface area contributed by atoms with E-state index in [-0.39, 0.29) is 0 Å². The molecule has 0 bridgehead atoms. The smallest absolute Gasteiger partial charge is 0.241 e. The first-order chi connectivity index (χ1) is 8.81. The zero-order valence-corrected chi connectivity index (χ0v) is 10.7. The van der Waals surface area contributed by atoms with Crippen LogP contribution in [-0.2, 0) is 6.54 Å². The molecule has 0 radical (unpaired) electrons. The average molecular weight is 264 g/mol. The van der Waals surface area contributed by atoms with Gasteiger partial charge < -0.3 is 4.52 Å². The Morgan fingerprint density at radius 3 is 2.89 bits per heavy atom. The highest BCUT2D eigenvalue weighted by atomic mass is 35.5. The Bertz CT molecular complexity index is 535. The van der Waals surface area contributed by atoms with Crippen LogP contribution >= 0.6 is 11.6 Å². The van der Waals surface area contributed by atoms with Crippen LogP contribution in [0.2, 0.25) is 5.02 Å². The van der Waals surface area contributed by atoms with Crippen molar-refractivity contribution in [2.45, 2.75) is 19.4 Å². The fraction of sp³-hybridized carbons (Fsp3) is 0.385. The summed E-state index contributed by atoms with van der Waals surface area (Å²) < 4.78 is 5.27.